The number of aromatic nitrogens is 3. The summed E-state index contributed by atoms with van der Waals surface area (Å²) in [5.41, 5.74) is 3.03. The van der Waals surface area contributed by atoms with E-state index in [2.05, 4.69) is 15.4 Å². The van der Waals surface area contributed by atoms with E-state index >= 15 is 0 Å². The van der Waals surface area contributed by atoms with Crippen molar-refractivity contribution in [2.75, 3.05) is 6.61 Å². The zero-order valence-corrected chi connectivity index (χ0v) is 14.3. The molecule has 0 radical (unpaired) electrons. The van der Waals surface area contributed by atoms with E-state index < -0.39 is 0 Å². The number of hydrogen-bond donors (Lipinski definition) is 1. The third-order valence-corrected chi connectivity index (χ3v) is 5.28. The van der Waals surface area contributed by atoms with Crippen molar-refractivity contribution in [1.82, 2.24) is 19.9 Å². The van der Waals surface area contributed by atoms with Crippen LogP contribution in [0.15, 0.2) is 12.1 Å². The molecule has 1 unspecified atom stereocenters. The average Bonchev–Trinajstić information content (AvgIpc) is 3.13. The average molecular weight is 328 g/mol. The largest absolute Gasteiger partial charge is 0.373 e. The molecule has 0 aromatic carbocycles. The summed E-state index contributed by atoms with van der Waals surface area (Å²) in [6, 6.07) is 3.79. The lowest BCUT2D eigenvalue weighted by Gasteiger charge is -2.32. The van der Waals surface area contributed by atoms with Crippen molar-refractivity contribution in [3.05, 3.63) is 29.2 Å². The summed E-state index contributed by atoms with van der Waals surface area (Å²) in [4.78, 5) is 17.0. The number of rotatable bonds is 2. The lowest BCUT2D eigenvalue weighted by molar-refractivity contribution is -0.0246. The van der Waals surface area contributed by atoms with E-state index in [0.717, 1.165) is 30.7 Å². The van der Waals surface area contributed by atoms with Gasteiger partial charge in [-0.2, -0.15) is 5.10 Å². The fourth-order valence-corrected chi connectivity index (χ4v) is 4.14. The van der Waals surface area contributed by atoms with Gasteiger partial charge in [0.15, 0.2) is 11.3 Å². The van der Waals surface area contributed by atoms with Crippen molar-refractivity contribution in [2.24, 2.45) is 0 Å². The predicted octanol–water partition coefficient (Wildman–Crippen LogP) is 2.57. The van der Waals surface area contributed by atoms with E-state index in [-0.39, 0.29) is 17.6 Å². The molecule has 6 heteroatoms. The van der Waals surface area contributed by atoms with Gasteiger partial charge in [0.2, 0.25) is 0 Å². The molecule has 2 aliphatic rings. The molecule has 2 fully saturated rings. The third-order valence-electron chi connectivity index (χ3n) is 5.28. The molecule has 1 saturated carbocycles. The molecule has 1 amide bonds. The summed E-state index contributed by atoms with van der Waals surface area (Å²) in [7, 11) is 0. The minimum absolute atomic E-state index is 0.00433. The number of carbonyl (C=O) groups is 1. The maximum atomic E-state index is 12.6. The summed E-state index contributed by atoms with van der Waals surface area (Å²) in [5, 5.41) is 7.49. The highest BCUT2D eigenvalue weighted by molar-refractivity contribution is 5.93. The first-order chi connectivity index (χ1) is 11.5. The van der Waals surface area contributed by atoms with Crippen LogP contribution in [0, 0.1) is 13.8 Å². The minimum Gasteiger partial charge on any atom is -0.373 e. The molecule has 1 aliphatic heterocycles. The molecular weight excluding hydrogens is 304 g/mol. The Morgan fingerprint density at radius 2 is 2.08 bits per heavy atom. The number of amides is 1. The Morgan fingerprint density at radius 3 is 2.88 bits per heavy atom. The van der Waals surface area contributed by atoms with Gasteiger partial charge >= 0.3 is 0 Å². The molecule has 1 aliphatic carbocycles. The number of ether oxygens (including phenoxy) is 1. The van der Waals surface area contributed by atoms with Crippen LogP contribution in [0.5, 0.6) is 0 Å². The smallest absolute Gasteiger partial charge is 0.272 e. The predicted molar refractivity (Wildman–Crippen MR) is 90.1 cm³/mol. The molecule has 128 valence electrons. The standard InChI is InChI=1S/C18H24N4O2/c1-12-8-13(2)22-16(19-12)9-15(21-22)17(23)20-14-10-18(24-11-14)6-4-3-5-7-18/h8-9,14H,3-7,10-11H2,1-2H3,(H,20,23). The molecule has 2 aromatic rings. The van der Waals surface area contributed by atoms with Gasteiger partial charge in [0.1, 0.15) is 0 Å². The number of aryl methyl sites for hydroxylation is 2. The van der Waals surface area contributed by atoms with Crippen LogP contribution in [0.1, 0.15) is 60.4 Å². The van der Waals surface area contributed by atoms with Crippen LogP contribution >= 0.6 is 0 Å². The van der Waals surface area contributed by atoms with Crippen LogP contribution in [-0.2, 0) is 4.74 Å². The molecular formula is C18H24N4O2. The molecule has 2 aromatic heterocycles. The highest BCUT2D eigenvalue weighted by atomic mass is 16.5. The number of fused-ring (bicyclic) bond motifs is 1. The second-order valence-corrected chi connectivity index (χ2v) is 7.27. The van der Waals surface area contributed by atoms with E-state index in [9.17, 15) is 4.79 Å². The van der Waals surface area contributed by atoms with Crippen LogP contribution in [0.3, 0.4) is 0 Å². The minimum atomic E-state index is -0.140. The molecule has 1 atom stereocenters. The highest BCUT2D eigenvalue weighted by Gasteiger charge is 2.41. The molecule has 0 bridgehead atoms. The SMILES string of the molecule is Cc1cc(C)n2nc(C(=O)NC3COC4(CCCCC4)C3)cc2n1. The Balaban J connectivity index is 1.48. The second-order valence-electron chi connectivity index (χ2n) is 7.27. The van der Waals surface area contributed by atoms with Gasteiger partial charge in [-0.1, -0.05) is 19.3 Å². The van der Waals surface area contributed by atoms with Gasteiger partial charge in [-0.15, -0.1) is 0 Å². The maximum absolute atomic E-state index is 12.6. The van der Waals surface area contributed by atoms with Crippen LogP contribution in [-0.4, -0.2) is 38.8 Å². The van der Waals surface area contributed by atoms with Gasteiger partial charge in [-0.3, -0.25) is 4.79 Å². The van der Waals surface area contributed by atoms with Crippen LogP contribution in [0.2, 0.25) is 0 Å². The summed E-state index contributed by atoms with van der Waals surface area (Å²) in [6.45, 7) is 4.52. The summed E-state index contributed by atoms with van der Waals surface area (Å²) >= 11 is 0. The summed E-state index contributed by atoms with van der Waals surface area (Å²) < 4.78 is 7.79. The Morgan fingerprint density at radius 1 is 1.29 bits per heavy atom. The molecule has 3 heterocycles. The van der Waals surface area contributed by atoms with Gasteiger partial charge in [0.25, 0.3) is 5.91 Å². The Kier molecular flexibility index (Phi) is 3.79. The van der Waals surface area contributed by atoms with Crippen LogP contribution < -0.4 is 5.32 Å². The quantitative estimate of drug-likeness (QED) is 0.920. The Hall–Kier alpha value is -1.95. The summed E-state index contributed by atoms with van der Waals surface area (Å²) in [6.07, 6.45) is 6.93. The van der Waals surface area contributed by atoms with Gasteiger partial charge < -0.3 is 10.1 Å². The Labute approximate surface area is 141 Å². The van der Waals surface area contributed by atoms with E-state index in [1.165, 1.54) is 19.3 Å². The molecule has 24 heavy (non-hydrogen) atoms. The topological polar surface area (TPSA) is 68.5 Å². The number of carbonyl (C=O) groups excluding carboxylic acids is 1. The molecule has 1 N–H and O–H groups in total. The van der Waals surface area contributed by atoms with Crippen molar-refractivity contribution in [3.8, 4) is 0 Å². The van der Waals surface area contributed by atoms with Crippen LogP contribution in [0.25, 0.3) is 5.65 Å². The van der Waals surface area contributed by atoms with E-state index in [0.29, 0.717) is 17.9 Å². The fraction of sp³-hybridized carbons (Fsp3) is 0.611. The van der Waals surface area contributed by atoms with E-state index in [1.54, 1.807) is 10.6 Å². The van der Waals surface area contributed by atoms with E-state index in [1.807, 2.05) is 19.9 Å². The number of hydrogen-bond acceptors (Lipinski definition) is 4. The zero-order chi connectivity index (χ0) is 16.7. The lowest BCUT2D eigenvalue weighted by Crippen LogP contribution is -2.37. The third kappa shape index (κ3) is 2.79. The van der Waals surface area contributed by atoms with E-state index in [4.69, 9.17) is 4.74 Å². The van der Waals surface area contributed by atoms with Crippen molar-refractivity contribution in [2.45, 2.75) is 64.0 Å². The maximum Gasteiger partial charge on any atom is 0.272 e. The van der Waals surface area contributed by atoms with Crippen molar-refractivity contribution in [1.29, 1.82) is 0 Å². The first-order valence-electron chi connectivity index (χ1n) is 8.84. The van der Waals surface area contributed by atoms with Gasteiger partial charge in [-0.25, -0.2) is 9.50 Å². The first kappa shape index (κ1) is 15.6. The lowest BCUT2D eigenvalue weighted by atomic mass is 9.82. The normalized spacial score (nSPS) is 23.0. The Bertz CT molecular complexity index is 777. The van der Waals surface area contributed by atoms with Crippen LogP contribution in [0.4, 0.5) is 0 Å². The molecule has 1 saturated heterocycles. The highest BCUT2D eigenvalue weighted by Crippen LogP contribution is 2.39. The number of nitrogens with one attached hydrogen (secondary N) is 1. The molecule has 1 spiro atoms. The first-order valence-corrected chi connectivity index (χ1v) is 8.84. The van der Waals surface area contributed by atoms with Crippen molar-refractivity contribution < 1.29 is 9.53 Å². The van der Waals surface area contributed by atoms with Gasteiger partial charge in [-0.05, 0) is 39.2 Å². The number of nitrogens with zero attached hydrogens (tertiary/aromatic N) is 3. The van der Waals surface area contributed by atoms with Crippen molar-refractivity contribution in [3.63, 3.8) is 0 Å². The van der Waals surface area contributed by atoms with Crippen molar-refractivity contribution >= 4 is 11.6 Å². The van der Waals surface area contributed by atoms with Gasteiger partial charge in [0, 0.05) is 17.5 Å². The molecule has 4 rings (SSSR count). The molecule has 6 nitrogen and oxygen atoms in total. The fourth-order valence-electron chi connectivity index (χ4n) is 4.14. The summed E-state index contributed by atoms with van der Waals surface area (Å²) in [5.74, 6) is -0.140. The second kappa shape index (κ2) is 5.84. The monoisotopic (exact) mass is 328 g/mol. The zero-order valence-electron chi connectivity index (χ0n) is 14.3. The van der Waals surface area contributed by atoms with Gasteiger partial charge in [0.05, 0.1) is 18.2 Å².